The zero-order chi connectivity index (χ0) is 19.8. The maximum absolute atomic E-state index is 12.3. The van der Waals surface area contributed by atoms with Gasteiger partial charge in [-0.25, -0.2) is 9.78 Å². The molecule has 8 nitrogen and oxygen atoms in total. The molecule has 2 aromatic carbocycles. The zero-order valence-electron chi connectivity index (χ0n) is 15.1. The number of nitrogens with one attached hydrogen (secondary N) is 2. The van der Waals surface area contributed by atoms with Crippen molar-refractivity contribution in [2.45, 2.75) is 6.54 Å². The van der Waals surface area contributed by atoms with Gasteiger partial charge in [-0.15, -0.1) is 11.3 Å². The van der Waals surface area contributed by atoms with Gasteiger partial charge in [0.2, 0.25) is 5.89 Å². The van der Waals surface area contributed by atoms with Gasteiger partial charge in [-0.3, -0.25) is 0 Å². The summed E-state index contributed by atoms with van der Waals surface area (Å²) < 4.78 is 6.30. The topological polar surface area (TPSA) is 111 Å². The molecule has 9 heteroatoms. The molecule has 5 aromatic rings. The lowest BCUT2D eigenvalue weighted by molar-refractivity contribution is 0.250. The van der Waals surface area contributed by atoms with Gasteiger partial charge in [0.15, 0.2) is 0 Å². The second-order valence-electron chi connectivity index (χ2n) is 6.43. The van der Waals surface area contributed by atoms with Crippen molar-refractivity contribution in [1.82, 2.24) is 20.2 Å². The van der Waals surface area contributed by atoms with Gasteiger partial charge in [0.25, 0.3) is 0 Å². The van der Waals surface area contributed by atoms with Crippen LogP contribution in [0.15, 0.2) is 65.5 Å². The van der Waals surface area contributed by atoms with Gasteiger partial charge >= 0.3 is 6.03 Å². The molecule has 0 unspecified atom stereocenters. The number of carbonyl (C=O) groups excluding carboxylic acids is 1. The van der Waals surface area contributed by atoms with Gasteiger partial charge in [-0.05, 0) is 29.7 Å². The van der Waals surface area contributed by atoms with Crippen LogP contribution in [0.3, 0.4) is 0 Å². The highest BCUT2D eigenvalue weighted by Crippen LogP contribution is 2.38. The summed E-state index contributed by atoms with van der Waals surface area (Å²) in [5.74, 6) is 6.49. The van der Waals surface area contributed by atoms with Crippen molar-refractivity contribution in [2.24, 2.45) is 0 Å². The monoisotopic (exact) mass is 404 g/mol. The lowest BCUT2D eigenvalue weighted by Gasteiger charge is -2.10. The van der Waals surface area contributed by atoms with Crippen molar-refractivity contribution < 1.29 is 9.21 Å². The molecule has 0 bridgehead atoms. The Labute approximate surface area is 168 Å². The Morgan fingerprint density at radius 2 is 2.10 bits per heavy atom. The summed E-state index contributed by atoms with van der Waals surface area (Å²) in [6, 6.07) is 13.7. The number of amides is 2. The maximum Gasteiger partial charge on any atom is 0.319 e. The summed E-state index contributed by atoms with van der Waals surface area (Å²) in [5.41, 5.74) is 2.36. The molecule has 5 rings (SSSR count). The number of carbonyl (C=O) groups is 1. The average Bonchev–Trinajstić information content (AvgIpc) is 3.46. The van der Waals surface area contributed by atoms with Crippen LogP contribution in [0.25, 0.3) is 31.4 Å². The van der Waals surface area contributed by atoms with E-state index in [1.807, 2.05) is 24.3 Å². The van der Waals surface area contributed by atoms with Gasteiger partial charge in [-0.2, -0.15) is 9.89 Å². The number of nitrogens with zero attached hydrogens (tertiary/aromatic N) is 3. The summed E-state index contributed by atoms with van der Waals surface area (Å²) in [6.45, 7) is 0.199. The number of aromatic nitrogens is 3. The van der Waals surface area contributed by atoms with Crippen LogP contribution < -0.4 is 16.5 Å². The predicted molar refractivity (Wildman–Crippen MR) is 113 cm³/mol. The maximum atomic E-state index is 12.3. The Bertz CT molecular complexity index is 1290. The minimum atomic E-state index is -0.356. The Hall–Kier alpha value is -3.85. The standard InChI is InChI=1S/C20H16N6O2S/c21-26-19-13(10-24-26)7-14(25-20(27)23-11-18-22-5-6-28-18)9-15(19)17-8-12-3-1-2-4-16(12)29-17/h1-10H,11,21H2,(H2,23,25,27). The number of rotatable bonds is 4. The van der Waals surface area contributed by atoms with Crippen LogP contribution in [0.4, 0.5) is 10.5 Å². The molecule has 0 saturated heterocycles. The highest BCUT2D eigenvalue weighted by atomic mass is 32.1. The lowest BCUT2D eigenvalue weighted by Crippen LogP contribution is -2.28. The van der Waals surface area contributed by atoms with Crippen molar-refractivity contribution in [2.75, 3.05) is 11.2 Å². The van der Waals surface area contributed by atoms with Crippen LogP contribution in [-0.4, -0.2) is 20.9 Å². The summed E-state index contributed by atoms with van der Waals surface area (Å²) in [7, 11) is 0. The van der Waals surface area contributed by atoms with E-state index in [9.17, 15) is 4.79 Å². The normalized spacial score (nSPS) is 11.2. The van der Waals surface area contributed by atoms with Gasteiger partial charge in [0.05, 0.1) is 18.9 Å². The Morgan fingerprint density at radius 1 is 1.21 bits per heavy atom. The first-order valence-corrected chi connectivity index (χ1v) is 9.68. The lowest BCUT2D eigenvalue weighted by atomic mass is 10.1. The highest BCUT2D eigenvalue weighted by molar-refractivity contribution is 7.22. The first-order chi connectivity index (χ1) is 14.2. The number of hydrogen-bond donors (Lipinski definition) is 3. The first-order valence-electron chi connectivity index (χ1n) is 8.86. The number of hydrogen-bond acceptors (Lipinski definition) is 6. The van der Waals surface area contributed by atoms with E-state index < -0.39 is 0 Å². The van der Waals surface area contributed by atoms with Crippen LogP contribution >= 0.6 is 11.3 Å². The molecule has 144 valence electrons. The number of anilines is 1. The van der Waals surface area contributed by atoms with E-state index in [1.165, 1.54) is 22.0 Å². The van der Waals surface area contributed by atoms with Gasteiger partial charge in [0, 0.05) is 26.2 Å². The van der Waals surface area contributed by atoms with Crippen molar-refractivity contribution in [3.63, 3.8) is 0 Å². The molecule has 2 amide bonds. The molecule has 0 spiro atoms. The van der Waals surface area contributed by atoms with E-state index in [0.717, 1.165) is 26.7 Å². The Kier molecular flexibility index (Phi) is 4.14. The number of thiophene rings is 1. The second kappa shape index (κ2) is 6.95. The molecule has 0 aliphatic carbocycles. The van der Waals surface area contributed by atoms with Crippen LogP contribution in [0.5, 0.6) is 0 Å². The van der Waals surface area contributed by atoms with Crippen LogP contribution in [0.2, 0.25) is 0 Å². The number of nitrogen functional groups attached to an aromatic ring is 1. The fraction of sp³-hybridized carbons (Fsp3) is 0.0500. The molecule has 0 radical (unpaired) electrons. The molecule has 0 saturated carbocycles. The van der Waals surface area contributed by atoms with E-state index in [0.29, 0.717) is 11.6 Å². The molecule has 0 aliphatic heterocycles. The summed E-state index contributed by atoms with van der Waals surface area (Å²) in [6.07, 6.45) is 4.68. The van der Waals surface area contributed by atoms with Crippen LogP contribution in [0.1, 0.15) is 5.89 Å². The van der Waals surface area contributed by atoms with Gasteiger partial charge in [-0.1, -0.05) is 18.2 Å². The number of urea groups is 1. The minimum absolute atomic E-state index is 0.199. The Morgan fingerprint density at radius 3 is 2.93 bits per heavy atom. The molecule has 4 N–H and O–H groups in total. The molecule has 0 fully saturated rings. The molecular weight excluding hydrogens is 388 g/mol. The fourth-order valence-electron chi connectivity index (χ4n) is 3.24. The molecular formula is C20H16N6O2S. The van der Waals surface area contributed by atoms with Crippen LogP contribution in [0, 0.1) is 0 Å². The SMILES string of the molecule is Nn1ncc2cc(NC(=O)NCc3ncco3)cc(-c3cc4ccccc4s3)c21. The van der Waals surface area contributed by atoms with Gasteiger partial charge < -0.3 is 20.9 Å². The number of oxazole rings is 1. The average molecular weight is 404 g/mol. The van der Waals surface area contributed by atoms with Crippen molar-refractivity contribution >= 4 is 44.0 Å². The zero-order valence-corrected chi connectivity index (χ0v) is 15.9. The molecule has 29 heavy (non-hydrogen) atoms. The van der Waals surface area contributed by atoms with Crippen molar-refractivity contribution in [1.29, 1.82) is 0 Å². The van der Waals surface area contributed by atoms with E-state index >= 15 is 0 Å². The van der Waals surface area contributed by atoms with Gasteiger partial charge in [0.1, 0.15) is 11.8 Å². The largest absolute Gasteiger partial charge is 0.447 e. The highest BCUT2D eigenvalue weighted by Gasteiger charge is 2.15. The third kappa shape index (κ3) is 3.27. The second-order valence-corrected chi connectivity index (χ2v) is 7.52. The number of benzene rings is 2. The summed E-state index contributed by atoms with van der Waals surface area (Å²) >= 11 is 1.67. The molecule has 3 heterocycles. The van der Waals surface area contributed by atoms with Crippen molar-refractivity contribution in [3.8, 4) is 10.4 Å². The fourth-order valence-corrected chi connectivity index (χ4v) is 4.32. The third-order valence-corrected chi connectivity index (χ3v) is 5.67. The number of fused-ring (bicyclic) bond motifs is 2. The van der Waals surface area contributed by atoms with E-state index in [2.05, 4.69) is 38.9 Å². The minimum Gasteiger partial charge on any atom is -0.447 e. The van der Waals surface area contributed by atoms with Crippen molar-refractivity contribution in [3.05, 3.63) is 67.0 Å². The Balaban J connectivity index is 1.49. The molecule has 3 aromatic heterocycles. The summed E-state index contributed by atoms with van der Waals surface area (Å²) in [5, 5.41) is 11.7. The predicted octanol–water partition coefficient (Wildman–Crippen LogP) is 3.94. The smallest absolute Gasteiger partial charge is 0.319 e. The first kappa shape index (κ1) is 17.3. The molecule has 0 aliphatic rings. The van der Waals surface area contributed by atoms with E-state index in [-0.39, 0.29) is 12.6 Å². The van der Waals surface area contributed by atoms with Crippen LogP contribution in [-0.2, 0) is 6.54 Å². The number of nitrogens with two attached hydrogens (primary N) is 1. The third-order valence-electron chi connectivity index (χ3n) is 4.52. The molecule has 0 atom stereocenters. The van der Waals surface area contributed by atoms with E-state index in [1.54, 1.807) is 17.5 Å². The van der Waals surface area contributed by atoms with E-state index in [4.69, 9.17) is 10.3 Å². The summed E-state index contributed by atoms with van der Waals surface area (Å²) in [4.78, 5) is 18.7. The quantitative estimate of drug-likeness (QED) is 0.393.